The van der Waals surface area contributed by atoms with Gasteiger partial charge in [0, 0.05) is 5.33 Å². The van der Waals surface area contributed by atoms with E-state index in [4.69, 9.17) is 0 Å². The highest BCUT2D eigenvalue weighted by Crippen LogP contribution is 2.24. The molecule has 0 spiro atoms. The molecule has 0 aliphatic heterocycles. The fourth-order valence-corrected chi connectivity index (χ4v) is 2.70. The number of halogens is 1. The van der Waals surface area contributed by atoms with Crippen LogP contribution in [-0.4, -0.2) is 5.33 Å². The quantitative estimate of drug-likeness (QED) is 0.559. The van der Waals surface area contributed by atoms with E-state index in [2.05, 4.69) is 50.5 Å². The Hall–Kier alpha value is 0.480. The number of rotatable bonds is 7. The van der Waals surface area contributed by atoms with E-state index >= 15 is 0 Å². The van der Waals surface area contributed by atoms with Crippen LogP contribution in [0.3, 0.4) is 0 Å². The molecule has 0 aromatic heterocycles. The first-order valence-corrected chi connectivity index (χ1v) is 7.13. The molecule has 0 aromatic rings. The zero-order chi connectivity index (χ0) is 11.1. The fourth-order valence-electron chi connectivity index (χ4n) is 2.43. The summed E-state index contributed by atoms with van der Waals surface area (Å²) in [4.78, 5) is 0. The molecule has 0 rings (SSSR count). The lowest BCUT2D eigenvalue weighted by atomic mass is 9.86. The van der Waals surface area contributed by atoms with Gasteiger partial charge in [-0.05, 0) is 42.9 Å². The van der Waals surface area contributed by atoms with E-state index in [0.29, 0.717) is 0 Å². The molecule has 14 heavy (non-hydrogen) atoms. The third kappa shape index (κ3) is 7.84. The minimum absolute atomic E-state index is 0.830. The van der Waals surface area contributed by atoms with Gasteiger partial charge in [-0.15, -0.1) is 0 Å². The Labute approximate surface area is 99.0 Å². The summed E-state index contributed by atoms with van der Waals surface area (Å²) in [6, 6.07) is 0. The van der Waals surface area contributed by atoms with Crippen LogP contribution in [-0.2, 0) is 0 Å². The van der Waals surface area contributed by atoms with Crippen LogP contribution in [0.2, 0.25) is 0 Å². The third-order valence-electron chi connectivity index (χ3n) is 2.75. The summed E-state index contributed by atoms with van der Waals surface area (Å²) in [5.74, 6) is 3.46. The summed E-state index contributed by atoms with van der Waals surface area (Å²) in [5, 5.41) is 1.15. The van der Waals surface area contributed by atoms with E-state index in [-0.39, 0.29) is 0 Å². The molecule has 3 atom stereocenters. The van der Waals surface area contributed by atoms with Crippen LogP contribution in [0.15, 0.2) is 0 Å². The zero-order valence-corrected chi connectivity index (χ0v) is 12.1. The van der Waals surface area contributed by atoms with Crippen molar-refractivity contribution < 1.29 is 0 Å². The van der Waals surface area contributed by atoms with Crippen molar-refractivity contribution in [2.24, 2.45) is 23.7 Å². The van der Waals surface area contributed by atoms with Crippen molar-refractivity contribution in [1.82, 2.24) is 0 Å². The molecule has 0 heterocycles. The lowest BCUT2D eigenvalue weighted by molar-refractivity contribution is 0.322. The van der Waals surface area contributed by atoms with E-state index in [9.17, 15) is 0 Å². The van der Waals surface area contributed by atoms with E-state index < -0.39 is 0 Å². The monoisotopic (exact) mass is 262 g/mol. The van der Waals surface area contributed by atoms with Crippen molar-refractivity contribution in [2.45, 2.75) is 53.9 Å². The van der Waals surface area contributed by atoms with E-state index in [1.165, 1.54) is 19.3 Å². The minimum atomic E-state index is 0.830. The van der Waals surface area contributed by atoms with Gasteiger partial charge in [0.15, 0.2) is 0 Å². The maximum atomic E-state index is 3.55. The summed E-state index contributed by atoms with van der Waals surface area (Å²) < 4.78 is 0. The normalized spacial score (nSPS) is 18.2. The maximum absolute atomic E-state index is 3.55. The molecule has 0 aliphatic rings. The van der Waals surface area contributed by atoms with Crippen LogP contribution in [0.25, 0.3) is 0 Å². The van der Waals surface area contributed by atoms with Crippen molar-refractivity contribution >= 4 is 15.9 Å². The minimum Gasteiger partial charge on any atom is -0.0925 e. The molecule has 86 valence electrons. The van der Waals surface area contributed by atoms with E-state index in [0.717, 1.165) is 29.0 Å². The zero-order valence-electron chi connectivity index (χ0n) is 10.5. The topological polar surface area (TPSA) is 0 Å². The highest BCUT2D eigenvalue weighted by Gasteiger charge is 2.12. The molecule has 1 heteroatoms. The molecule has 0 fully saturated rings. The van der Waals surface area contributed by atoms with Crippen LogP contribution in [0.5, 0.6) is 0 Å². The number of hydrogen-bond acceptors (Lipinski definition) is 0. The van der Waals surface area contributed by atoms with Crippen molar-refractivity contribution in [1.29, 1.82) is 0 Å². The van der Waals surface area contributed by atoms with Gasteiger partial charge < -0.3 is 0 Å². The van der Waals surface area contributed by atoms with Crippen LogP contribution in [0.1, 0.15) is 53.9 Å². The predicted octanol–water partition coefficient (Wildman–Crippen LogP) is 5.12. The molecule has 0 radical (unpaired) electrons. The van der Waals surface area contributed by atoms with E-state index in [1.807, 2.05) is 0 Å². The number of hydrogen-bond donors (Lipinski definition) is 0. The molecule has 0 N–H and O–H groups in total. The summed E-state index contributed by atoms with van der Waals surface area (Å²) >= 11 is 3.55. The highest BCUT2D eigenvalue weighted by molar-refractivity contribution is 9.09. The molecular weight excluding hydrogens is 236 g/mol. The summed E-state index contributed by atoms with van der Waals surface area (Å²) in [6.07, 6.45) is 4.15. The molecular formula is C13H27Br. The maximum Gasteiger partial charge on any atom is 0.00571 e. The predicted molar refractivity (Wildman–Crippen MR) is 70.0 cm³/mol. The Morgan fingerprint density at radius 1 is 0.714 bits per heavy atom. The van der Waals surface area contributed by atoms with Gasteiger partial charge in [-0.25, -0.2) is 0 Å². The molecule has 0 bridgehead atoms. The SMILES string of the molecule is CC(C)CC(C)CC(C)CC(C)CBr. The van der Waals surface area contributed by atoms with Crippen LogP contribution >= 0.6 is 15.9 Å². The van der Waals surface area contributed by atoms with Crippen LogP contribution in [0, 0.1) is 23.7 Å². The Morgan fingerprint density at radius 2 is 1.14 bits per heavy atom. The Balaban J connectivity index is 3.65. The lowest BCUT2D eigenvalue weighted by Crippen LogP contribution is -2.10. The van der Waals surface area contributed by atoms with Crippen LogP contribution in [0.4, 0.5) is 0 Å². The van der Waals surface area contributed by atoms with Gasteiger partial charge in [-0.3, -0.25) is 0 Å². The Bertz CT molecular complexity index is 131. The standard InChI is InChI=1S/C13H27Br/c1-10(2)6-11(3)7-12(4)8-13(5)9-14/h10-13H,6-9H2,1-5H3. The first kappa shape index (κ1) is 14.5. The smallest absolute Gasteiger partial charge is 0.00571 e. The van der Waals surface area contributed by atoms with Crippen molar-refractivity contribution in [3.8, 4) is 0 Å². The van der Waals surface area contributed by atoms with Crippen LogP contribution < -0.4 is 0 Å². The Morgan fingerprint density at radius 3 is 1.57 bits per heavy atom. The summed E-state index contributed by atoms with van der Waals surface area (Å²) in [7, 11) is 0. The van der Waals surface area contributed by atoms with Gasteiger partial charge in [0.2, 0.25) is 0 Å². The lowest BCUT2D eigenvalue weighted by Gasteiger charge is -2.20. The number of alkyl halides is 1. The molecule has 0 amide bonds. The average molecular weight is 263 g/mol. The molecule has 0 saturated carbocycles. The molecule has 3 unspecified atom stereocenters. The third-order valence-corrected chi connectivity index (χ3v) is 3.85. The first-order chi connectivity index (χ1) is 6.45. The summed E-state index contributed by atoms with van der Waals surface area (Å²) in [5.41, 5.74) is 0. The second-order valence-corrected chi connectivity index (χ2v) is 6.22. The van der Waals surface area contributed by atoms with Crippen molar-refractivity contribution in [3.05, 3.63) is 0 Å². The van der Waals surface area contributed by atoms with Crippen molar-refractivity contribution in [2.75, 3.05) is 5.33 Å². The highest BCUT2D eigenvalue weighted by atomic mass is 79.9. The molecule has 0 aromatic carbocycles. The molecule has 0 aliphatic carbocycles. The second kappa shape index (κ2) is 7.73. The fraction of sp³-hybridized carbons (Fsp3) is 1.00. The Kier molecular flexibility index (Phi) is 8.00. The second-order valence-electron chi connectivity index (χ2n) is 5.57. The van der Waals surface area contributed by atoms with Gasteiger partial charge in [-0.1, -0.05) is 50.5 Å². The average Bonchev–Trinajstić information content (AvgIpc) is 2.01. The largest absolute Gasteiger partial charge is 0.0925 e. The van der Waals surface area contributed by atoms with Gasteiger partial charge in [0.05, 0.1) is 0 Å². The van der Waals surface area contributed by atoms with Gasteiger partial charge >= 0.3 is 0 Å². The van der Waals surface area contributed by atoms with Gasteiger partial charge in [0.1, 0.15) is 0 Å². The summed E-state index contributed by atoms with van der Waals surface area (Å²) in [6.45, 7) is 11.8. The first-order valence-electron chi connectivity index (χ1n) is 6.01. The molecule has 0 nitrogen and oxygen atoms in total. The van der Waals surface area contributed by atoms with Crippen molar-refractivity contribution in [3.63, 3.8) is 0 Å². The van der Waals surface area contributed by atoms with E-state index in [1.54, 1.807) is 0 Å². The van der Waals surface area contributed by atoms with Gasteiger partial charge in [0.25, 0.3) is 0 Å². The van der Waals surface area contributed by atoms with Gasteiger partial charge in [-0.2, -0.15) is 0 Å². The molecule has 0 saturated heterocycles.